The zero-order chi connectivity index (χ0) is 8.10. The monoisotopic (exact) mass is 153 g/mol. The van der Waals surface area contributed by atoms with E-state index in [2.05, 4.69) is 6.58 Å². The van der Waals surface area contributed by atoms with Crippen molar-refractivity contribution < 1.29 is 0 Å². The average Bonchev–Trinajstić information content (AvgIpc) is 2.06. The zero-order valence-electron chi connectivity index (χ0n) is 7.26. The Labute approximate surface area is 69.7 Å². The fourth-order valence-corrected chi connectivity index (χ4v) is 2.12. The van der Waals surface area contributed by atoms with E-state index in [-0.39, 0.29) is 0 Å². The Kier molecular flexibility index (Phi) is 3.64. The van der Waals surface area contributed by atoms with Crippen molar-refractivity contribution in [1.82, 2.24) is 0 Å². The van der Waals surface area contributed by atoms with Crippen LogP contribution in [0.5, 0.6) is 0 Å². The van der Waals surface area contributed by atoms with Gasteiger partial charge in [-0.3, -0.25) is 0 Å². The quantitative estimate of drug-likeness (QED) is 0.619. The van der Waals surface area contributed by atoms with Crippen LogP contribution in [-0.4, -0.2) is 6.54 Å². The van der Waals surface area contributed by atoms with E-state index in [0.29, 0.717) is 0 Å². The van der Waals surface area contributed by atoms with Gasteiger partial charge in [-0.25, -0.2) is 0 Å². The van der Waals surface area contributed by atoms with Gasteiger partial charge in [0.1, 0.15) is 0 Å². The van der Waals surface area contributed by atoms with Crippen molar-refractivity contribution >= 4 is 0 Å². The maximum absolute atomic E-state index is 5.69. The van der Waals surface area contributed by atoms with Gasteiger partial charge in [-0.05, 0) is 37.6 Å². The van der Waals surface area contributed by atoms with Crippen LogP contribution in [0.3, 0.4) is 0 Å². The van der Waals surface area contributed by atoms with E-state index in [1.807, 2.05) is 6.08 Å². The van der Waals surface area contributed by atoms with Gasteiger partial charge in [0, 0.05) is 0 Å². The third kappa shape index (κ3) is 2.33. The molecule has 2 N–H and O–H groups in total. The van der Waals surface area contributed by atoms with Gasteiger partial charge in [-0.15, -0.1) is 6.58 Å². The molecule has 1 rings (SSSR count). The number of hydrogen-bond acceptors (Lipinski definition) is 1. The van der Waals surface area contributed by atoms with E-state index in [1.165, 1.54) is 32.1 Å². The summed E-state index contributed by atoms with van der Waals surface area (Å²) in [4.78, 5) is 0. The molecule has 1 saturated carbocycles. The van der Waals surface area contributed by atoms with Crippen molar-refractivity contribution in [3.8, 4) is 0 Å². The maximum atomic E-state index is 5.69. The van der Waals surface area contributed by atoms with Gasteiger partial charge in [-0.1, -0.05) is 18.9 Å². The Balaban J connectivity index is 2.37. The van der Waals surface area contributed by atoms with Crippen LogP contribution in [0, 0.1) is 11.8 Å². The Bertz CT molecular complexity index is 120. The fourth-order valence-electron chi connectivity index (χ4n) is 2.12. The summed E-state index contributed by atoms with van der Waals surface area (Å²) in [5.41, 5.74) is 5.69. The van der Waals surface area contributed by atoms with Gasteiger partial charge in [0.15, 0.2) is 0 Å². The molecule has 0 heterocycles. The second-order valence-corrected chi connectivity index (χ2v) is 3.56. The lowest BCUT2D eigenvalue weighted by molar-refractivity contribution is 0.245. The lowest BCUT2D eigenvalue weighted by Crippen LogP contribution is -2.26. The normalized spacial score (nSPS) is 31.7. The smallest absolute Gasteiger partial charge is 0.00461 e. The Morgan fingerprint density at radius 1 is 1.27 bits per heavy atom. The summed E-state index contributed by atoms with van der Waals surface area (Å²) >= 11 is 0. The van der Waals surface area contributed by atoms with Crippen LogP contribution in [0.15, 0.2) is 12.7 Å². The highest BCUT2D eigenvalue weighted by molar-refractivity contribution is 4.81. The number of hydrogen-bond donors (Lipinski definition) is 1. The molecule has 0 spiro atoms. The zero-order valence-corrected chi connectivity index (χ0v) is 7.26. The highest BCUT2D eigenvalue weighted by Crippen LogP contribution is 2.31. The summed E-state index contributed by atoms with van der Waals surface area (Å²) in [6.45, 7) is 4.66. The van der Waals surface area contributed by atoms with Gasteiger partial charge in [0.05, 0.1) is 0 Å². The van der Waals surface area contributed by atoms with Crippen molar-refractivity contribution in [3.63, 3.8) is 0 Å². The van der Waals surface area contributed by atoms with Crippen molar-refractivity contribution in [2.24, 2.45) is 17.6 Å². The predicted octanol–water partition coefficient (Wildman–Crippen LogP) is 2.33. The summed E-state index contributed by atoms with van der Waals surface area (Å²) in [5.74, 6) is 1.62. The molecule has 0 aliphatic heterocycles. The number of nitrogens with two attached hydrogens (primary N) is 1. The van der Waals surface area contributed by atoms with Crippen molar-refractivity contribution in [2.45, 2.75) is 32.1 Å². The van der Waals surface area contributed by atoms with E-state index in [9.17, 15) is 0 Å². The molecule has 0 radical (unpaired) electrons. The van der Waals surface area contributed by atoms with Crippen LogP contribution in [0.4, 0.5) is 0 Å². The molecular formula is C10H19N. The first-order chi connectivity index (χ1) is 5.38. The summed E-state index contributed by atoms with van der Waals surface area (Å²) in [7, 11) is 0. The number of rotatable bonds is 3. The lowest BCUT2D eigenvalue weighted by atomic mass is 9.77. The number of allylic oxidation sites excluding steroid dienone is 1. The molecule has 1 fully saturated rings. The van der Waals surface area contributed by atoms with Gasteiger partial charge < -0.3 is 5.73 Å². The second-order valence-electron chi connectivity index (χ2n) is 3.56. The maximum Gasteiger partial charge on any atom is -0.00461 e. The van der Waals surface area contributed by atoms with Crippen LogP contribution in [0.1, 0.15) is 32.1 Å². The fraction of sp³-hybridized carbons (Fsp3) is 0.800. The summed E-state index contributed by atoms with van der Waals surface area (Å²) in [5, 5.41) is 0. The van der Waals surface area contributed by atoms with Crippen LogP contribution in [0.25, 0.3) is 0 Å². The molecule has 1 aliphatic rings. The first-order valence-electron chi connectivity index (χ1n) is 4.69. The first kappa shape index (κ1) is 8.79. The molecule has 2 atom stereocenters. The molecule has 0 aromatic carbocycles. The van der Waals surface area contributed by atoms with Crippen molar-refractivity contribution in [3.05, 3.63) is 12.7 Å². The molecule has 1 nitrogen and oxygen atoms in total. The van der Waals surface area contributed by atoms with Crippen LogP contribution in [0.2, 0.25) is 0 Å². The Morgan fingerprint density at radius 3 is 2.45 bits per heavy atom. The Morgan fingerprint density at radius 2 is 1.91 bits per heavy atom. The molecule has 0 bridgehead atoms. The Hall–Kier alpha value is -0.300. The van der Waals surface area contributed by atoms with Crippen molar-refractivity contribution in [2.75, 3.05) is 6.54 Å². The molecule has 0 saturated heterocycles. The molecule has 0 aromatic rings. The van der Waals surface area contributed by atoms with Gasteiger partial charge >= 0.3 is 0 Å². The van der Waals surface area contributed by atoms with Gasteiger partial charge in [0.2, 0.25) is 0 Å². The molecule has 11 heavy (non-hydrogen) atoms. The predicted molar refractivity (Wildman–Crippen MR) is 49.3 cm³/mol. The minimum atomic E-state index is 0.779. The average molecular weight is 153 g/mol. The van der Waals surface area contributed by atoms with Crippen molar-refractivity contribution in [1.29, 1.82) is 0 Å². The molecule has 1 aliphatic carbocycles. The summed E-state index contributed by atoms with van der Waals surface area (Å²) in [6.07, 6.45) is 8.70. The van der Waals surface area contributed by atoms with E-state index in [4.69, 9.17) is 5.73 Å². The van der Waals surface area contributed by atoms with E-state index >= 15 is 0 Å². The highest BCUT2D eigenvalue weighted by atomic mass is 14.6. The first-order valence-corrected chi connectivity index (χ1v) is 4.69. The van der Waals surface area contributed by atoms with E-state index < -0.39 is 0 Å². The standard InChI is InChI=1S/C10H19N/c1-2-5-9-6-3-4-7-10(9)8-11/h2,9-10H,1,3-8,11H2. The molecule has 64 valence electrons. The largest absolute Gasteiger partial charge is 0.330 e. The van der Waals surface area contributed by atoms with Crippen LogP contribution < -0.4 is 5.73 Å². The lowest BCUT2D eigenvalue weighted by Gasteiger charge is -2.29. The van der Waals surface area contributed by atoms with E-state index in [0.717, 1.165) is 18.4 Å². The second kappa shape index (κ2) is 4.55. The summed E-state index contributed by atoms with van der Waals surface area (Å²) < 4.78 is 0. The topological polar surface area (TPSA) is 26.0 Å². The molecule has 0 amide bonds. The summed E-state index contributed by atoms with van der Waals surface area (Å²) in [6, 6.07) is 0. The third-order valence-electron chi connectivity index (χ3n) is 2.84. The molecule has 0 aromatic heterocycles. The minimum Gasteiger partial charge on any atom is -0.330 e. The molecule has 1 heteroatoms. The third-order valence-corrected chi connectivity index (χ3v) is 2.84. The van der Waals surface area contributed by atoms with Gasteiger partial charge in [0.25, 0.3) is 0 Å². The van der Waals surface area contributed by atoms with Crippen LogP contribution in [-0.2, 0) is 0 Å². The highest BCUT2D eigenvalue weighted by Gasteiger charge is 2.22. The minimum absolute atomic E-state index is 0.779. The molecular weight excluding hydrogens is 134 g/mol. The SMILES string of the molecule is C=CCC1CCCCC1CN. The van der Waals surface area contributed by atoms with E-state index in [1.54, 1.807) is 0 Å². The molecule has 2 unspecified atom stereocenters. The van der Waals surface area contributed by atoms with Crippen LogP contribution >= 0.6 is 0 Å². The van der Waals surface area contributed by atoms with Gasteiger partial charge in [-0.2, -0.15) is 0 Å².